The lowest BCUT2D eigenvalue weighted by atomic mass is 10.1. The van der Waals surface area contributed by atoms with Gasteiger partial charge in [0.25, 0.3) is 0 Å². The van der Waals surface area contributed by atoms with E-state index < -0.39 is 0 Å². The summed E-state index contributed by atoms with van der Waals surface area (Å²) in [5.74, 6) is 0.866. The summed E-state index contributed by atoms with van der Waals surface area (Å²) < 4.78 is 5.25. The number of carbonyl (C=O) groups is 1. The van der Waals surface area contributed by atoms with E-state index >= 15 is 0 Å². The molecule has 1 aromatic carbocycles. The van der Waals surface area contributed by atoms with Crippen LogP contribution in [-0.2, 0) is 0 Å². The average Bonchev–Trinajstić information content (AvgIpc) is 2.79. The van der Waals surface area contributed by atoms with Crippen molar-refractivity contribution in [3.05, 3.63) is 30.0 Å². The van der Waals surface area contributed by atoms with Crippen LogP contribution in [-0.4, -0.2) is 24.4 Å². The Bertz CT molecular complexity index is 531. The van der Waals surface area contributed by atoms with Crippen LogP contribution in [0.4, 0.5) is 0 Å². The first-order chi connectivity index (χ1) is 8.26. The van der Waals surface area contributed by atoms with E-state index in [1.54, 1.807) is 7.11 Å². The Labute approximate surface area is 99.8 Å². The number of ether oxygens (including phenoxy) is 1. The fraction of sp³-hybridized carbons (Fsp3) is 0.308. The van der Waals surface area contributed by atoms with Gasteiger partial charge in [0.2, 0.25) is 0 Å². The van der Waals surface area contributed by atoms with Crippen LogP contribution >= 0.6 is 0 Å². The molecule has 0 bridgehead atoms. The van der Waals surface area contributed by atoms with Gasteiger partial charge in [-0.1, -0.05) is 6.07 Å². The van der Waals surface area contributed by atoms with E-state index in [1.807, 2.05) is 24.3 Å². The van der Waals surface area contributed by atoms with Crippen molar-refractivity contribution in [2.45, 2.75) is 12.8 Å². The van der Waals surface area contributed by atoms with Crippen molar-refractivity contribution in [2.24, 2.45) is 5.73 Å². The maximum Gasteiger partial charge on any atom is 0.179 e. The second-order valence-corrected chi connectivity index (χ2v) is 3.92. The van der Waals surface area contributed by atoms with Crippen LogP contribution in [0.15, 0.2) is 24.3 Å². The van der Waals surface area contributed by atoms with E-state index in [1.165, 1.54) is 0 Å². The zero-order valence-electron chi connectivity index (χ0n) is 9.82. The molecular formula is C13H16N2O2. The molecule has 0 amide bonds. The van der Waals surface area contributed by atoms with Crippen LogP contribution in [0.2, 0.25) is 0 Å². The normalized spacial score (nSPS) is 10.7. The van der Waals surface area contributed by atoms with Crippen LogP contribution in [0, 0.1) is 0 Å². The van der Waals surface area contributed by atoms with Crippen LogP contribution < -0.4 is 10.5 Å². The lowest BCUT2D eigenvalue weighted by molar-refractivity contribution is 0.0977. The number of aromatic nitrogens is 1. The molecule has 4 nitrogen and oxygen atoms in total. The Morgan fingerprint density at radius 1 is 1.47 bits per heavy atom. The number of nitrogens with two attached hydrogens (primary N) is 1. The number of Topliss-reactive ketones (excluding diaryl/α,β-unsaturated/α-hetero) is 1. The molecule has 0 fully saturated rings. The number of fused-ring (bicyclic) bond motifs is 1. The molecule has 90 valence electrons. The van der Waals surface area contributed by atoms with Crippen molar-refractivity contribution >= 4 is 16.7 Å². The minimum Gasteiger partial charge on any atom is -0.496 e. The van der Waals surface area contributed by atoms with Gasteiger partial charge in [-0.25, -0.2) is 0 Å². The van der Waals surface area contributed by atoms with Gasteiger partial charge in [0.15, 0.2) is 5.78 Å². The quantitative estimate of drug-likeness (QED) is 0.776. The molecule has 0 saturated heterocycles. The first kappa shape index (κ1) is 11.7. The van der Waals surface area contributed by atoms with E-state index in [0.29, 0.717) is 25.1 Å². The van der Waals surface area contributed by atoms with E-state index in [4.69, 9.17) is 10.5 Å². The SMILES string of the molecule is COc1cccc2[nH]c(C(=O)CCCN)cc12. The summed E-state index contributed by atoms with van der Waals surface area (Å²) in [4.78, 5) is 15.0. The van der Waals surface area contributed by atoms with Gasteiger partial charge in [-0.3, -0.25) is 4.79 Å². The van der Waals surface area contributed by atoms with Crippen molar-refractivity contribution in [2.75, 3.05) is 13.7 Å². The van der Waals surface area contributed by atoms with Crippen molar-refractivity contribution in [1.29, 1.82) is 0 Å². The number of ketones is 1. The zero-order valence-corrected chi connectivity index (χ0v) is 9.82. The predicted octanol–water partition coefficient (Wildman–Crippen LogP) is 2.10. The highest BCUT2D eigenvalue weighted by molar-refractivity contribution is 6.00. The number of hydrogen-bond donors (Lipinski definition) is 2. The Kier molecular flexibility index (Phi) is 3.44. The molecule has 0 aliphatic rings. The van der Waals surface area contributed by atoms with Gasteiger partial charge in [-0.05, 0) is 31.2 Å². The van der Waals surface area contributed by atoms with Crippen LogP contribution in [0.5, 0.6) is 5.75 Å². The van der Waals surface area contributed by atoms with Crippen LogP contribution in [0.1, 0.15) is 23.3 Å². The molecule has 2 aromatic rings. The average molecular weight is 232 g/mol. The van der Waals surface area contributed by atoms with Gasteiger partial charge >= 0.3 is 0 Å². The van der Waals surface area contributed by atoms with Gasteiger partial charge < -0.3 is 15.5 Å². The summed E-state index contributed by atoms with van der Waals surface area (Å²) in [6.45, 7) is 0.537. The molecular weight excluding hydrogens is 216 g/mol. The molecule has 0 unspecified atom stereocenters. The number of rotatable bonds is 5. The number of methoxy groups -OCH3 is 1. The summed E-state index contributed by atoms with van der Waals surface area (Å²) in [5, 5.41) is 0.936. The molecule has 0 aliphatic heterocycles. The monoisotopic (exact) mass is 232 g/mol. The van der Waals surface area contributed by atoms with Gasteiger partial charge in [-0.15, -0.1) is 0 Å². The van der Waals surface area contributed by atoms with Crippen molar-refractivity contribution in [1.82, 2.24) is 4.98 Å². The third kappa shape index (κ3) is 2.31. The first-order valence-corrected chi connectivity index (χ1v) is 5.65. The maximum atomic E-state index is 11.8. The Morgan fingerprint density at radius 3 is 3.00 bits per heavy atom. The standard InChI is InChI=1S/C13H16N2O2/c1-17-13-6-2-4-10-9(13)8-11(15-10)12(16)5-3-7-14/h2,4,6,8,15H,3,5,7,14H2,1H3. The smallest absolute Gasteiger partial charge is 0.179 e. The van der Waals surface area contributed by atoms with E-state index in [-0.39, 0.29) is 5.78 Å². The van der Waals surface area contributed by atoms with Crippen molar-refractivity contribution in [3.8, 4) is 5.75 Å². The summed E-state index contributed by atoms with van der Waals surface area (Å²) in [7, 11) is 1.62. The molecule has 17 heavy (non-hydrogen) atoms. The predicted molar refractivity (Wildman–Crippen MR) is 67.5 cm³/mol. The molecule has 4 heteroatoms. The van der Waals surface area contributed by atoms with Crippen LogP contribution in [0.25, 0.3) is 10.9 Å². The Morgan fingerprint density at radius 2 is 2.29 bits per heavy atom. The molecule has 0 saturated carbocycles. The molecule has 0 aliphatic carbocycles. The molecule has 0 radical (unpaired) electrons. The van der Waals surface area contributed by atoms with E-state index in [2.05, 4.69) is 4.98 Å². The summed E-state index contributed by atoms with van der Waals surface area (Å²) in [6.07, 6.45) is 1.19. The zero-order chi connectivity index (χ0) is 12.3. The number of nitrogens with one attached hydrogen (secondary N) is 1. The minimum atomic E-state index is 0.0914. The summed E-state index contributed by atoms with van der Waals surface area (Å²) >= 11 is 0. The third-order valence-corrected chi connectivity index (χ3v) is 2.75. The molecule has 1 heterocycles. The molecule has 0 spiro atoms. The number of aromatic amines is 1. The van der Waals surface area contributed by atoms with Gasteiger partial charge in [-0.2, -0.15) is 0 Å². The fourth-order valence-corrected chi connectivity index (χ4v) is 1.85. The molecule has 2 rings (SSSR count). The molecule has 3 N–H and O–H groups in total. The van der Waals surface area contributed by atoms with E-state index in [0.717, 1.165) is 16.7 Å². The number of carbonyl (C=O) groups excluding carboxylic acids is 1. The highest BCUT2D eigenvalue weighted by Gasteiger charge is 2.11. The third-order valence-electron chi connectivity index (χ3n) is 2.75. The van der Waals surface area contributed by atoms with Crippen molar-refractivity contribution in [3.63, 3.8) is 0 Å². The van der Waals surface area contributed by atoms with E-state index in [9.17, 15) is 4.79 Å². The molecule has 0 atom stereocenters. The second-order valence-electron chi connectivity index (χ2n) is 3.92. The lowest BCUT2D eigenvalue weighted by Crippen LogP contribution is -2.04. The largest absolute Gasteiger partial charge is 0.496 e. The minimum absolute atomic E-state index is 0.0914. The lowest BCUT2D eigenvalue weighted by Gasteiger charge is -1.99. The number of benzene rings is 1. The van der Waals surface area contributed by atoms with Gasteiger partial charge in [0.1, 0.15) is 5.75 Å². The highest BCUT2D eigenvalue weighted by Crippen LogP contribution is 2.26. The Hall–Kier alpha value is -1.81. The first-order valence-electron chi connectivity index (χ1n) is 5.65. The van der Waals surface area contributed by atoms with Crippen molar-refractivity contribution < 1.29 is 9.53 Å². The van der Waals surface area contributed by atoms with Gasteiger partial charge in [0.05, 0.1) is 12.8 Å². The highest BCUT2D eigenvalue weighted by atomic mass is 16.5. The summed E-state index contributed by atoms with van der Waals surface area (Å²) in [6, 6.07) is 7.54. The number of hydrogen-bond acceptors (Lipinski definition) is 3. The second kappa shape index (κ2) is 5.01. The topological polar surface area (TPSA) is 68.1 Å². The summed E-state index contributed by atoms with van der Waals surface area (Å²) in [5.41, 5.74) is 6.93. The van der Waals surface area contributed by atoms with Crippen LogP contribution in [0.3, 0.4) is 0 Å². The van der Waals surface area contributed by atoms with Gasteiger partial charge in [0, 0.05) is 17.3 Å². The molecule has 1 aromatic heterocycles. The fourth-order valence-electron chi connectivity index (χ4n) is 1.85. The number of H-pyrrole nitrogens is 1. The Balaban J connectivity index is 2.34. The maximum absolute atomic E-state index is 11.8.